The van der Waals surface area contributed by atoms with Crippen molar-refractivity contribution in [3.63, 3.8) is 0 Å². The van der Waals surface area contributed by atoms with Crippen LogP contribution in [0.3, 0.4) is 0 Å². The first kappa shape index (κ1) is 18.3. The molecule has 9 heteroatoms. The SMILES string of the molecule is Cc1nc2ccccc2nc1-c1cc2nc(S(=O)Cc3ccccc3)[nH]c(=O)n2n1. The van der Waals surface area contributed by atoms with Crippen molar-refractivity contribution in [1.29, 1.82) is 0 Å². The lowest BCUT2D eigenvalue weighted by Gasteiger charge is -2.03. The van der Waals surface area contributed by atoms with Gasteiger partial charge in [-0.1, -0.05) is 42.5 Å². The summed E-state index contributed by atoms with van der Waals surface area (Å²) in [4.78, 5) is 28.7. The van der Waals surface area contributed by atoms with Gasteiger partial charge in [-0.25, -0.2) is 19.7 Å². The lowest BCUT2D eigenvalue weighted by atomic mass is 10.2. The summed E-state index contributed by atoms with van der Waals surface area (Å²) in [6, 6.07) is 18.6. The Morgan fingerprint density at radius 2 is 1.67 bits per heavy atom. The van der Waals surface area contributed by atoms with E-state index >= 15 is 0 Å². The molecule has 3 heterocycles. The zero-order valence-electron chi connectivity index (χ0n) is 15.9. The van der Waals surface area contributed by atoms with Crippen LogP contribution >= 0.6 is 0 Å². The normalized spacial score (nSPS) is 12.4. The molecule has 30 heavy (non-hydrogen) atoms. The molecule has 5 aromatic rings. The third kappa shape index (κ3) is 3.29. The summed E-state index contributed by atoms with van der Waals surface area (Å²) in [5, 5.41) is 4.46. The van der Waals surface area contributed by atoms with Gasteiger partial charge in [0.25, 0.3) is 0 Å². The van der Waals surface area contributed by atoms with Crippen LogP contribution in [0.15, 0.2) is 70.6 Å². The number of hydrogen-bond donors (Lipinski definition) is 1. The van der Waals surface area contributed by atoms with Gasteiger partial charge in [0.15, 0.2) is 5.65 Å². The third-order valence-electron chi connectivity index (χ3n) is 4.66. The van der Waals surface area contributed by atoms with E-state index < -0.39 is 16.5 Å². The Morgan fingerprint density at radius 1 is 0.967 bits per heavy atom. The van der Waals surface area contributed by atoms with Gasteiger partial charge in [0, 0.05) is 6.07 Å². The summed E-state index contributed by atoms with van der Waals surface area (Å²) in [7, 11) is -1.49. The van der Waals surface area contributed by atoms with E-state index in [1.807, 2.05) is 61.5 Å². The molecule has 0 saturated carbocycles. The van der Waals surface area contributed by atoms with Crippen LogP contribution in [0.25, 0.3) is 28.1 Å². The van der Waals surface area contributed by atoms with Crippen molar-refractivity contribution in [2.75, 3.05) is 0 Å². The summed E-state index contributed by atoms with van der Waals surface area (Å²) >= 11 is 0. The highest BCUT2D eigenvalue weighted by Gasteiger charge is 2.16. The minimum atomic E-state index is -1.49. The Balaban J connectivity index is 1.57. The molecule has 0 aliphatic carbocycles. The van der Waals surface area contributed by atoms with Crippen molar-refractivity contribution in [2.24, 2.45) is 0 Å². The molecular formula is C21H16N6O2S. The molecule has 1 unspecified atom stereocenters. The largest absolute Gasteiger partial charge is 0.350 e. The molecule has 5 rings (SSSR count). The molecule has 1 atom stereocenters. The molecule has 0 amide bonds. The molecular weight excluding hydrogens is 400 g/mol. The van der Waals surface area contributed by atoms with Crippen LogP contribution in [0.5, 0.6) is 0 Å². The van der Waals surface area contributed by atoms with Crippen molar-refractivity contribution in [3.05, 3.63) is 82.4 Å². The Labute approximate surface area is 173 Å². The van der Waals surface area contributed by atoms with Gasteiger partial charge >= 0.3 is 5.69 Å². The maximum Gasteiger partial charge on any atom is 0.350 e. The van der Waals surface area contributed by atoms with E-state index in [2.05, 4.69) is 25.0 Å². The van der Waals surface area contributed by atoms with Crippen molar-refractivity contribution in [3.8, 4) is 11.4 Å². The fourth-order valence-corrected chi connectivity index (χ4v) is 4.25. The first-order valence-electron chi connectivity index (χ1n) is 9.24. The fourth-order valence-electron chi connectivity index (χ4n) is 3.23. The minimum absolute atomic E-state index is 0.115. The quantitative estimate of drug-likeness (QED) is 0.483. The van der Waals surface area contributed by atoms with Crippen LogP contribution in [0.2, 0.25) is 0 Å². The highest BCUT2D eigenvalue weighted by molar-refractivity contribution is 7.84. The Morgan fingerprint density at radius 3 is 2.43 bits per heavy atom. The highest BCUT2D eigenvalue weighted by atomic mass is 32.2. The van der Waals surface area contributed by atoms with Crippen LogP contribution in [0.1, 0.15) is 11.3 Å². The van der Waals surface area contributed by atoms with Crippen LogP contribution < -0.4 is 5.69 Å². The molecule has 0 aliphatic rings. The summed E-state index contributed by atoms with van der Waals surface area (Å²) in [6.45, 7) is 1.84. The van der Waals surface area contributed by atoms with E-state index in [0.717, 1.165) is 21.1 Å². The van der Waals surface area contributed by atoms with Crippen LogP contribution in [-0.4, -0.2) is 33.8 Å². The number of fused-ring (bicyclic) bond motifs is 2. The number of aryl methyl sites for hydroxylation is 1. The van der Waals surface area contributed by atoms with Crippen molar-refractivity contribution < 1.29 is 4.21 Å². The Kier molecular flexibility index (Phi) is 4.44. The molecule has 0 bridgehead atoms. The van der Waals surface area contributed by atoms with Gasteiger partial charge in [0.2, 0.25) is 5.16 Å². The molecule has 0 radical (unpaired) electrons. The van der Waals surface area contributed by atoms with E-state index in [-0.39, 0.29) is 10.9 Å². The molecule has 1 N–H and O–H groups in total. The number of H-pyrrole nitrogens is 1. The van der Waals surface area contributed by atoms with Gasteiger partial charge in [0.05, 0.1) is 33.3 Å². The number of para-hydroxylation sites is 2. The molecule has 0 saturated heterocycles. The number of rotatable bonds is 4. The Bertz CT molecular complexity index is 1480. The predicted molar refractivity (Wildman–Crippen MR) is 113 cm³/mol. The van der Waals surface area contributed by atoms with Gasteiger partial charge in [0.1, 0.15) is 11.4 Å². The van der Waals surface area contributed by atoms with E-state index in [4.69, 9.17) is 0 Å². The second-order valence-electron chi connectivity index (χ2n) is 6.77. The third-order valence-corrected chi connectivity index (χ3v) is 5.88. The second-order valence-corrected chi connectivity index (χ2v) is 8.13. The van der Waals surface area contributed by atoms with Gasteiger partial charge in [-0.05, 0) is 24.6 Å². The number of benzene rings is 2. The molecule has 148 valence electrons. The zero-order valence-corrected chi connectivity index (χ0v) is 16.8. The van der Waals surface area contributed by atoms with Crippen molar-refractivity contribution in [2.45, 2.75) is 17.8 Å². The fraction of sp³-hybridized carbons (Fsp3) is 0.0952. The number of nitrogens with one attached hydrogen (secondary N) is 1. The summed E-state index contributed by atoms with van der Waals surface area (Å²) < 4.78 is 13.9. The van der Waals surface area contributed by atoms with Crippen molar-refractivity contribution >= 4 is 27.5 Å². The zero-order chi connectivity index (χ0) is 20.7. The maximum absolute atomic E-state index is 12.7. The minimum Gasteiger partial charge on any atom is -0.283 e. The van der Waals surface area contributed by atoms with E-state index in [9.17, 15) is 9.00 Å². The molecule has 2 aromatic carbocycles. The molecule has 8 nitrogen and oxygen atoms in total. The average molecular weight is 416 g/mol. The van der Waals surface area contributed by atoms with Gasteiger partial charge in [-0.15, -0.1) is 0 Å². The standard InChI is InChI=1S/C21H16N6O2S/c1-13-19(23-16-10-6-5-9-15(16)22-13)17-11-18-24-20(25-21(28)27(18)26-17)30(29)12-14-7-3-2-4-8-14/h2-11H,12H2,1H3,(H,24,25,28). The molecule has 0 fully saturated rings. The number of aromatic amines is 1. The first-order valence-corrected chi connectivity index (χ1v) is 10.6. The lowest BCUT2D eigenvalue weighted by molar-refractivity contribution is 0.670. The molecule has 3 aromatic heterocycles. The number of nitrogens with zero attached hydrogens (tertiary/aromatic N) is 5. The Hall–Kier alpha value is -3.72. The van der Waals surface area contributed by atoms with Gasteiger partial charge in [-0.2, -0.15) is 9.61 Å². The summed E-state index contributed by atoms with van der Waals surface area (Å²) in [5.41, 5.74) is 3.98. The smallest absolute Gasteiger partial charge is 0.283 e. The number of aromatic nitrogens is 6. The van der Waals surface area contributed by atoms with Gasteiger partial charge < -0.3 is 0 Å². The summed E-state index contributed by atoms with van der Waals surface area (Å²) in [5.74, 6) is 0.260. The van der Waals surface area contributed by atoms with Crippen molar-refractivity contribution in [1.82, 2.24) is 29.5 Å². The van der Waals surface area contributed by atoms with E-state index in [1.165, 1.54) is 0 Å². The maximum atomic E-state index is 12.7. The van der Waals surface area contributed by atoms with Gasteiger partial charge in [-0.3, -0.25) is 9.19 Å². The van der Waals surface area contributed by atoms with Crippen LogP contribution in [-0.2, 0) is 16.6 Å². The van der Waals surface area contributed by atoms with Crippen LogP contribution in [0.4, 0.5) is 0 Å². The second kappa shape index (κ2) is 7.27. The topological polar surface area (TPSA) is 106 Å². The van der Waals surface area contributed by atoms with E-state index in [1.54, 1.807) is 6.07 Å². The van der Waals surface area contributed by atoms with Crippen LogP contribution in [0, 0.1) is 6.92 Å². The lowest BCUT2D eigenvalue weighted by Crippen LogP contribution is -2.21. The monoisotopic (exact) mass is 416 g/mol. The number of hydrogen-bond acceptors (Lipinski definition) is 6. The summed E-state index contributed by atoms with van der Waals surface area (Å²) in [6.07, 6.45) is 0. The van der Waals surface area contributed by atoms with E-state index in [0.29, 0.717) is 22.7 Å². The molecule has 0 aliphatic heterocycles. The molecule has 0 spiro atoms. The predicted octanol–water partition coefficient (Wildman–Crippen LogP) is 2.64. The average Bonchev–Trinajstić information content (AvgIpc) is 3.18. The highest BCUT2D eigenvalue weighted by Crippen LogP contribution is 2.22. The first-order chi connectivity index (χ1) is 14.6.